The van der Waals surface area contributed by atoms with Gasteiger partial charge in [-0.15, -0.1) is 5.10 Å². The average molecular weight is 343 g/mol. The lowest BCUT2D eigenvalue weighted by atomic mass is 10.0. The molecule has 25 heavy (non-hydrogen) atoms. The number of hydrogen-bond donors (Lipinski definition) is 1. The average Bonchev–Trinajstić information content (AvgIpc) is 3.11. The van der Waals surface area contributed by atoms with E-state index in [0.717, 1.165) is 43.2 Å². The highest BCUT2D eigenvalue weighted by atomic mass is 16.7. The molecule has 132 valence electrons. The zero-order valence-corrected chi connectivity index (χ0v) is 14.1. The zero-order chi connectivity index (χ0) is 17.1. The van der Waals surface area contributed by atoms with Crippen molar-refractivity contribution in [1.29, 1.82) is 0 Å². The first-order valence-electron chi connectivity index (χ1n) is 8.40. The van der Waals surface area contributed by atoms with Crippen LogP contribution in [-0.4, -0.2) is 54.4 Å². The van der Waals surface area contributed by atoms with Gasteiger partial charge in [0.05, 0.1) is 26.5 Å². The number of nitrogens with one attached hydrogen (secondary N) is 1. The van der Waals surface area contributed by atoms with Crippen molar-refractivity contribution in [3.05, 3.63) is 30.5 Å². The number of nitrogens with zero attached hydrogens (tertiary/aromatic N) is 4. The van der Waals surface area contributed by atoms with Crippen LogP contribution >= 0.6 is 0 Å². The number of ether oxygens (including phenoxy) is 3. The van der Waals surface area contributed by atoms with E-state index in [0.29, 0.717) is 19.2 Å². The largest absolute Gasteiger partial charge is 0.497 e. The Labute approximate surface area is 146 Å². The molecule has 0 saturated carbocycles. The van der Waals surface area contributed by atoms with Crippen molar-refractivity contribution in [2.45, 2.75) is 18.6 Å². The van der Waals surface area contributed by atoms with E-state index in [1.165, 1.54) is 0 Å². The van der Waals surface area contributed by atoms with Crippen molar-refractivity contribution in [1.82, 2.24) is 15.2 Å². The Kier molecular flexibility index (Phi) is 4.37. The molecule has 3 heterocycles. The quantitative estimate of drug-likeness (QED) is 0.902. The predicted molar refractivity (Wildman–Crippen MR) is 92.2 cm³/mol. The van der Waals surface area contributed by atoms with Gasteiger partial charge in [-0.1, -0.05) is 0 Å². The summed E-state index contributed by atoms with van der Waals surface area (Å²) in [5.41, 5.74) is 0.880. The van der Waals surface area contributed by atoms with Gasteiger partial charge in [0.1, 0.15) is 5.75 Å². The Bertz CT molecular complexity index is 708. The highest BCUT2D eigenvalue weighted by molar-refractivity contribution is 5.55. The van der Waals surface area contributed by atoms with Crippen molar-refractivity contribution in [2.75, 3.05) is 43.6 Å². The molecule has 1 aromatic heterocycles. The Balaban J connectivity index is 1.42. The van der Waals surface area contributed by atoms with E-state index >= 15 is 0 Å². The van der Waals surface area contributed by atoms with Gasteiger partial charge < -0.3 is 24.4 Å². The number of hydrogen-bond acceptors (Lipinski definition) is 8. The summed E-state index contributed by atoms with van der Waals surface area (Å²) in [4.78, 5) is 6.76. The third kappa shape index (κ3) is 3.49. The number of aromatic nitrogens is 3. The van der Waals surface area contributed by atoms with Gasteiger partial charge in [-0.25, -0.2) is 0 Å². The summed E-state index contributed by atoms with van der Waals surface area (Å²) in [6.45, 7) is 3.01. The van der Waals surface area contributed by atoms with Gasteiger partial charge in [0.2, 0.25) is 5.95 Å². The number of rotatable bonds is 4. The highest BCUT2D eigenvalue weighted by Crippen LogP contribution is 2.32. The lowest BCUT2D eigenvalue weighted by molar-refractivity contribution is -0.169. The fourth-order valence-electron chi connectivity index (χ4n) is 3.17. The molecule has 2 saturated heterocycles. The van der Waals surface area contributed by atoms with Gasteiger partial charge in [0.25, 0.3) is 0 Å². The predicted octanol–water partition coefficient (Wildman–Crippen LogP) is 1.97. The van der Waals surface area contributed by atoms with Crippen LogP contribution in [-0.2, 0) is 9.47 Å². The second-order valence-electron chi connectivity index (χ2n) is 6.09. The molecular formula is C17H21N5O3. The summed E-state index contributed by atoms with van der Waals surface area (Å²) >= 11 is 0. The SMILES string of the molecule is COc1ccc(Nc2nncc(N3CCC4(CC3)OCCO4)n2)cc1. The molecule has 0 radical (unpaired) electrons. The standard InChI is InChI=1S/C17H21N5O3/c1-23-14-4-2-13(3-5-14)19-16-20-15(12-18-21-16)22-8-6-17(7-9-22)24-10-11-25-17/h2-5,12H,6-11H2,1H3,(H,19,20,21). The smallest absolute Gasteiger partial charge is 0.249 e. The summed E-state index contributed by atoms with van der Waals surface area (Å²) in [7, 11) is 1.64. The highest BCUT2D eigenvalue weighted by Gasteiger charge is 2.40. The number of methoxy groups -OCH3 is 1. The van der Waals surface area contributed by atoms with Gasteiger partial charge >= 0.3 is 0 Å². The molecule has 1 aromatic carbocycles. The third-order valence-corrected chi connectivity index (χ3v) is 4.56. The normalized spacial score (nSPS) is 19.2. The Hall–Kier alpha value is -2.45. The summed E-state index contributed by atoms with van der Waals surface area (Å²) in [5, 5.41) is 11.3. The number of piperidine rings is 1. The maximum absolute atomic E-state index is 5.77. The fraction of sp³-hybridized carbons (Fsp3) is 0.471. The van der Waals surface area contributed by atoms with Crippen LogP contribution in [0.1, 0.15) is 12.8 Å². The lowest BCUT2D eigenvalue weighted by Crippen LogP contribution is -2.45. The molecule has 2 aromatic rings. The Morgan fingerprint density at radius 3 is 2.52 bits per heavy atom. The Morgan fingerprint density at radius 2 is 1.84 bits per heavy atom. The Morgan fingerprint density at radius 1 is 1.12 bits per heavy atom. The van der Waals surface area contributed by atoms with E-state index in [1.807, 2.05) is 24.3 Å². The minimum absolute atomic E-state index is 0.388. The van der Waals surface area contributed by atoms with Crippen LogP contribution in [0.3, 0.4) is 0 Å². The number of benzene rings is 1. The molecule has 8 nitrogen and oxygen atoms in total. The van der Waals surface area contributed by atoms with Crippen molar-refractivity contribution in [2.24, 2.45) is 0 Å². The van der Waals surface area contributed by atoms with Crippen molar-refractivity contribution in [3.63, 3.8) is 0 Å². The van der Waals surface area contributed by atoms with Gasteiger partial charge in [0.15, 0.2) is 11.6 Å². The van der Waals surface area contributed by atoms with E-state index in [2.05, 4.69) is 25.4 Å². The maximum Gasteiger partial charge on any atom is 0.249 e. The molecule has 0 bridgehead atoms. The fourth-order valence-corrected chi connectivity index (χ4v) is 3.17. The van der Waals surface area contributed by atoms with Gasteiger partial charge in [-0.2, -0.15) is 10.1 Å². The van der Waals surface area contributed by atoms with Gasteiger partial charge in [-0.05, 0) is 24.3 Å². The van der Waals surface area contributed by atoms with E-state index in [1.54, 1.807) is 13.3 Å². The van der Waals surface area contributed by atoms with Crippen LogP contribution < -0.4 is 15.0 Å². The van der Waals surface area contributed by atoms with Crippen LogP contribution in [0.5, 0.6) is 5.75 Å². The van der Waals surface area contributed by atoms with Crippen molar-refractivity contribution < 1.29 is 14.2 Å². The molecule has 2 aliphatic heterocycles. The molecule has 2 fully saturated rings. The second-order valence-corrected chi connectivity index (χ2v) is 6.09. The third-order valence-electron chi connectivity index (χ3n) is 4.56. The first-order chi connectivity index (χ1) is 12.3. The topological polar surface area (TPSA) is 81.6 Å². The molecule has 0 amide bonds. The minimum Gasteiger partial charge on any atom is -0.497 e. The molecule has 0 aliphatic carbocycles. The summed E-state index contributed by atoms with van der Waals surface area (Å²) in [6, 6.07) is 7.58. The van der Waals surface area contributed by atoms with Crippen molar-refractivity contribution >= 4 is 17.5 Å². The van der Waals surface area contributed by atoms with E-state index < -0.39 is 0 Å². The molecule has 4 rings (SSSR count). The molecule has 0 atom stereocenters. The molecule has 8 heteroatoms. The van der Waals surface area contributed by atoms with E-state index in [4.69, 9.17) is 14.2 Å². The summed E-state index contributed by atoms with van der Waals surface area (Å²) < 4.78 is 16.7. The van der Waals surface area contributed by atoms with Crippen LogP contribution in [0.25, 0.3) is 0 Å². The maximum atomic E-state index is 5.77. The molecule has 0 unspecified atom stereocenters. The van der Waals surface area contributed by atoms with Crippen LogP contribution in [0, 0.1) is 0 Å². The lowest BCUT2D eigenvalue weighted by Gasteiger charge is -2.37. The van der Waals surface area contributed by atoms with E-state index in [9.17, 15) is 0 Å². The second kappa shape index (κ2) is 6.81. The molecular weight excluding hydrogens is 322 g/mol. The molecule has 1 spiro atoms. The molecule has 2 aliphatic rings. The van der Waals surface area contributed by atoms with Crippen LogP contribution in [0.4, 0.5) is 17.5 Å². The van der Waals surface area contributed by atoms with Crippen molar-refractivity contribution in [3.8, 4) is 5.75 Å². The zero-order valence-electron chi connectivity index (χ0n) is 14.1. The monoisotopic (exact) mass is 343 g/mol. The van der Waals surface area contributed by atoms with Crippen LogP contribution in [0.2, 0.25) is 0 Å². The molecule has 1 N–H and O–H groups in total. The summed E-state index contributed by atoms with van der Waals surface area (Å²) in [6.07, 6.45) is 3.35. The van der Waals surface area contributed by atoms with Crippen LogP contribution in [0.15, 0.2) is 30.5 Å². The van der Waals surface area contributed by atoms with E-state index in [-0.39, 0.29) is 5.79 Å². The number of anilines is 3. The van der Waals surface area contributed by atoms with Gasteiger partial charge in [-0.3, -0.25) is 0 Å². The summed E-state index contributed by atoms with van der Waals surface area (Å²) in [5.74, 6) is 1.69. The first kappa shape index (κ1) is 16.0. The first-order valence-corrected chi connectivity index (χ1v) is 8.40. The van der Waals surface area contributed by atoms with Gasteiger partial charge in [0, 0.05) is 31.6 Å². The minimum atomic E-state index is -0.388.